The van der Waals surface area contributed by atoms with E-state index in [9.17, 15) is 4.39 Å². The predicted molar refractivity (Wildman–Crippen MR) is 88.5 cm³/mol. The number of benzene rings is 1. The van der Waals surface area contributed by atoms with Crippen LogP contribution in [0.15, 0.2) is 22.7 Å². The highest BCUT2D eigenvalue weighted by atomic mass is 79.9. The molecule has 1 unspecified atom stereocenters. The summed E-state index contributed by atoms with van der Waals surface area (Å²) >= 11 is 3.37. The van der Waals surface area contributed by atoms with Crippen molar-refractivity contribution in [3.63, 3.8) is 0 Å². The van der Waals surface area contributed by atoms with Gasteiger partial charge in [0.1, 0.15) is 5.82 Å². The molecule has 1 atom stereocenters. The van der Waals surface area contributed by atoms with Gasteiger partial charge >= 0.3 is 0 Å². The molecule has 0 fully saturated rings. The van der Waals surface area contributed by atoms with Crippen molar-refractivity contribution in [1.29, 1.82) is 0 Å². The molecule has 0 aromatic heterocycles. The number of nitrogens with one attached hydrogen (secondary N) is 1. The van der Waals surface area contributed by atoms with E-state index in [1.165, 1.54) is 6.07 Å². The summed E-state index contributed by atoms with van der Waals surface area (Å²) in [5.74, 6) is 0.946. The lowest BCUT2D eigenvalue weighted by Crippen LogP contribution is -2.35. The summed E-state index contributed by atoms with van der Waals surface area (Å²) in [6.45, 7) is 13.2. The minimum atomic E-state index is -0.176. The molecule has 0 bridgehead atoms. The van der Waals surface area contributed by atoms with Crippen molar-refractivity contribution in [3.05, 3.63) is 34.1 Å². The van der Waals surface area contributed by atoms with E-state index in [1.54, 1.807) is 6.07 Å². The summed E-state index contributed by atoms with van der Waals surface area (Å²) in [5, 5.41) is 3.54. The summed E-state index contributed by atoms with van der Waals surface area (Å²) in [5.41, 5.74) is 1.24. The van der Waals surface area contributed by atoms with E-state index < -0.39 is 0 Å². The molecule has 1 rings (SSSR count). The van der Waals surface area contributed by atoms with Crippen molar-refractivity contribution in [2.75, 3.05) is 13.1 Å². The van der Waals surface area contributed by atoms with Crippen LogP contribution < -0.4 is 5.32 Å². The number of rotatable bonds is 6. The third kappa shape index (κ3) is 5.53. The van der Waals surface area contributed by atoms with Gasteiger partial charge in [-0.05, 0) is 64.3 Å². The first-order chi connectivity index (χ1) is 9.21. The molecule has 1 nitrogen and oxygen atoms in total. The molecule has 1 aromatic carbocycles. The Bertz CT molecular complexity index is 423. The molecule has 0 aliphatic heterocycles. The molecule has 0 saturated carbocycles. The first kappa shape index (κ1) is 17.6. The zero-order chi connectivity index (χ0) is 15.3. The van der Waals surface area contributed by atoms with Crippen LogP contribution >= 0.6 is 15.9 Å². The Morgan fingerprint density at radius 3 is 2.40 bits per heavy atom. The average molecular weight is 344 g/mol. The monoisotopic (exact) mass is 343 g/mol. The molecular weight excluding hydrogens is 317 g/mol. The maximum atomic E-state index is 13.6. The molecule has 3 heteroatoms. The molecule has 0 spiro atoms. The zero-order valence-electron chi connectivity index (χ0n) is 13.3. The van der Waals surface area contributed by atoms with Crippen LogP contribution in [0.4, 0.5) is 4.39 Å². The van der Waals surface area contributed by atoms with Crippen molar-refractivity contribution in [3.8, 4) is 0 Å². The van der Waals surface area contributed by atoms with E-state index >= 15 is 0 Å². The zero-order valence-corrected chi connectivity index (χ0v) is 14.8. The van der Waals surface area contributed by atoms with Crippen LogP contribution in [0.2, 0.25) is 0 Å². The highest BCUT2D eigenvalue weighted by molar-refractivity contribution is 9.10. The van der Waals surface area contributed by atoms with E-state index in [0.717, 1.165) is 25.1 Å². The molecule has 0 aliphatic rings. The number of hydrogen-bond donors (Lipinski definition) is 1. The van der Waals surface area contributed by atoms with Gasteiger partial charge in [-0.2, -0.15) is 0 Å². The van der Waals surface area contributed by atoms with Crippen LogP contribution in [0.1, 0.15) is 40.2 Å². The highest BCUT2D eigenvalue weighted by Crippen LogP contribution is 2.31. The van der Waals surface area contributed by atoms with Gasteiger partial charge in [0.2, 0.25) is 0 Å². The second kappa shape index (κ2) is 7.56. The van der Waals surface area contributed by atoms with Gasteiger partial charge in [0, 0.05) is 0 Å². The van der Waals surface area contributed by atoms with Gasteiger partial charge in [-0.25, -0.2) is 4.39 Å². The maximum absolute atomic E-state index is 13.6. The Labute approximate surface area is 131 Å². The molecule has 0 amide bonds. The van der Waals surface area contributed by atoms with Gasteiger partial charge < -0.3 is 5.32 Å². The minimum absolute atomic E-state index is 0.176. The molecule has 0 aliphatic carbocycles. The fourth-order valence-corrected chi connectivity index (χ4v) is 2.63. The quantitative estimate of drug-likeness (QED) is 0.762. The molecule has 1 aromatic rings. The standard InChI is InChI=1S/C17H27BrFN/c1-12(2)10-20-11-14(17(3,4)5)9-13-7-6-8-15(19)16(13)18/h6-8,12,14,20H,9-11H2,1-5H3. The number of halogens is 2. The Hall–Kier alpha value is -0.410. The lowest BCUT2D eigenvalue weighted by atomic mass is 9.77. The molecular formula is C17H27BrFN. The SMILES string of the molecule is CC(C)CNCC(Cc1cccc(F)c1Br)C(C)(C)C. The van der Waals surface area contributed by atoms with E-state index in [1.807, 2.05) is 6.07 Å². The Balaban J connectivity index is 2.77. The van der Waals surface area contributed by atoms with Crippen molar-refractivity contribution in [2.24, 2.45) is 17.3 Å². The van der Waals surface area contributed by atoms with Crippen LogP contribution in [0.3, 0.4) is 0 Å². The van der Waals surface area contributed by atoms with Crippen LogP contribution in [-0.2, 0) is 6.42 Å². The third-order valence-corrected chi connectivity index (χ3v) is 4.55. The molecule has 0 saturated heterocycles. The van der Waals surface area contributed by atoms with Crippen LogP contribution in [-0.4, -0.2) is 13.1 Å². The molecule has 0 heterocycles. The summed E-state index contributed by atoms with van der Waals surface area (Å²) in [6, 6.07) is 5.29. The van der Waals surface area contributed by atoms with Gasteiger partial charge in [0.05, 0.1) is 4.47 Å². The Morgan fingerprint density at radius 2 is 1.85 bits per heavy atom. The Kier molecular flexibility index (Phi) is 6.67. The lowest BCUT2D eigenvalue weighted by Gasteiger charge is -2.32. The van der Waals surface area contributed by atoms with Crippen molar-refractivity contribution in [1.82, 2.24) is 5.32 Å². The van der Waals surface area contributed by atoms with Crippen LogP contribution in [0, 0.1) is 23.1 Å². The van der Waals surface area contributed by atoms with Crippen molar-refractivity contribution in [2.45, 2.75) is 41.0 Å². The fraction of sp³-hybridized carbons (Fsp3) is 0.647. The van der Waals surface area contributed by atoms with Crippen LogP contribution in [0.25, 0.3) is 0 Å². The Morgan fingerprint density at radius 1 is 1.20 bits per heavy atom. The van der Waals surface area contributed by atoms with Crippen molar-refractivity contribution < 1.29 is 4.39 Å². The molecule has 0 radical (unpaired) electrons. The minimum Gasteiger partial charge on any atom is -0.316 e. The normalized spacial score (nSPS) is 13.8. The lowest BCUT2D eigenvalue weighted by molar-refractivity contribution is 0.228. The van der Waals surface area contributed by atoms with E-state index in [0.29, 0.717) is 16.3 Å². The molecule has 114 valence electrons. The first-order valence-electron chi connectivity index (χ1n) is 7.35. The van der Waals surface area contributed by atoms with Gasteiger partial charge in [-0.3, -0.25) is 0 Å². The summed E-state index contributed by atoms with van der Waals surface area (Å²) < 4.78 is 14.2. The molecule has 20 heavy (non-hydrogen) atoms. The van der Waals surface area contributed by atoms with Gasteiger partial charge in [-0.1, -0.05) is 46.8 Å². The highest BCUT2D eigenvalue weighted by Gasteiger charge is 2.25. The number of hydrogen-bond acceptors (Lipinski definition) is 1. The summed E-state index contributed by atoms with van der Waals surface area (Å²) in [6.07, 6.45) is 0.882. The first-order valence-corrected chi connectivity index (χ1v) is 8.14. The largest absolute Gasteiger partial charge is 0.316 e. The van der Waals surface area contributed by atoms with Crippen LogP contribution in [0.5, 0.6) is 0 Å². The van der Waals surface area contributed by atoms with E-state index in [4.69, 9.17) is 0 Å². The van der Waals surface area contributed by atoms with Gasteiger partial charge in [-0.15, -0.1) is 0 Å². The topological polar surface area (TPSA) is 12.0 Å². The smallest absolute Gasteiger partial charge is 0.137 e. The second-order valence-electron chi connectivity index (χ2n) is 7.03. The van der Waals surface area contributed by atoms with Gasteiger partial charge in [0.25, 0.3) is 0 Å². The summed E-state index contributed by atoms with van der Waals surface area (Å²) in [7, 11) is 0. The van der Waals surface area contributed by atoms with E-state index in [-0.39, 0.29) is 11.2 Å². The van der Waals surface area contributed by atoms with Gasteiger partial charge in [0.15, 0.2) is 0 Å². The van der Waals surface area contributed by atoms with E-state index in [2.05, 4.69) is 55.9 Å². The average Bonchev–Trinajstić information content (AvgIpc) is 2.31. The fourth-order valence-electron chi connectivity index (χ4n) is 2.20. The second-order valence-corrected chi connectivity index (χ2v) is 7.83. The third-order valence-electron chi connectivity index (χ3n) is 3.67. The van der Waals surface area contributed by atoms with Crippen molar-refractivity contribution >= 4 is 15.9 Å². The predicted octanol–water partition coefficient (Wildman–Crippen LogP) is 5.04. The maximum Gasteiger partial charge on any atom is 0.137 e. The molecule has 1 N–H and O–H groups in total. The summed E-state index contributed by atoms with van der Waals surface area (Å²) in [4.78, 5) is 0.